The van der Waals surface area contributed by atoms with Crippen LogP contribution in [0.3, 0.4) is 0 Å². The third-order valence-corrected chi connectivity index (χ3v) is 6.92. The number of hydrogen-bond donors (Lipinski definition) is 4. The molecule has 232 valence electrons. The van der Waals surface area contributed by atoms with Crippen LogP contribution in [0.1, 0.15) is 13.8 Å². The average Bonchev–Trinajstić information content (AvgIpc) is 3.07. The van der Waals surface area contributed by atoms with Crippen molar-refractivity contribution in [1.82, 2.24) is 19.9 Å². The predicted octanol–water partition coefficient (Wildman–Crippen LogP) is 7.88. The Balaban J connectivity index is 1.46. The standard InChI is InChI=1S/C36H30N8O3/c1-3-11-33(45)43-29-17-25-27(37-21-39-35(25)41-23-13-7-5-8-14-23)19-31(29)47-32-20-28-26(18-30(32)44-34(46)12-4-2)36(40-22-38-28)42-24-15-9-6-10-16-24/h3-22H,1-2H3,(H,43,45)(H,44,46)(H,37,39,41)(H,38,40,42). The van der Waals surface area contributed by atoms with Gasteiger partial charge in [-0.25, -0.2) is 19.9 Å². The molecule has 0 aliphatic heterocycles. The number of nitrogens with zero attached hydrogens (tertiary/aromatic N) is 4. The van der Waals surface area contributed by atoms with Crippen LogP contribution in [-0.2, 0) is 9.59 Å². The second kappa shape index (κ2) is 14.0. The molecule has 0 saturated carbocycles. The topological polar surface area (TPSA) is 143 Å². The maximum atomic E-state index is 12.8. The van der Waals surface area contributed by atoms with E-state index in [1.165, 1.54) is 24.8 Å². The van der Waals surface area contributed by atoms with Gasteiger partial charge in [0.25, 0.3) is 0 Å². The number of carbonyl (C=O) groups excluding carboxylic acids is 2. The van der Waals surface area contributed by atoms with E-state index < -0.39 is 0 Å². The SMILES string of the molecule is CC=CC(=O)Nc1cc2c(Nc3ccccc3)ncnc2cc1Oc1cc2ncnc(Nc3ccccc3)c2cc1NC(=O)C=CC. The van der Waals surface area contributed by atoms with Gasteiger partial charge >= 0.3 is 0 Å². The van der Waals surface area contributed by atoms with Crippen LogP contribution in [-0.4, -0.2) is 31.8 Å². The Morgan fingerprint density at radius 3 is 1.43 bits per heavy atom. The lowest BCUT2D eigenvalue weighted by atomic mass is 10.1. The molecule has 0 saturated heterocycles. The lowest BCUT2D eigenvalue weighted by molar-refractivity contribution is -0.112. The minimum Gasteiger partial charge on any atom is -0.453 e. The van der Waals surface area contributed by atoms with Gasteiger partial charge in [0, 0.05) is 34.3 Å². The number of fused-ring (bicyclic) bond motifs is 2. The van der Waals surface area contributed by atoms with E-state index in [2.05, 4.69) is 41.2 Å². The summed E-state index contributed by atoms with van der Waals surface area (Å²) < 4.78 is 6.49. The number of para-hydroxylation sites is 2. The Labute approximate surface area is 270 Å². The molecule has 11 nitrogen and oxygen atoms in total. The molecule has 0 bridgehead atoms. The second-order valence-electron chi connectivity index (χ2n) is 10.2. The van der Waals surface area contributed by atoms with E-state index in [4.69, 9.17) is 4.74 Å². The molecule has 0 atom stereocenters. The fourth-order valence-corrected chi connectivity index (χ4v) is 4.82. The second-order valence-corrected chi connectivity index (χ2v) is 10.2. The molecular formula is C36H30N8O3. The molecule has 6 rings (SSSR count). The summed E-state index contributed by atoms with van der Waals surface area (Å²) in [6.45, 7) is 3.51. The molecule has 2 amide bonds. The Bertz CT molecular complexity index is 1980. The van der Waals surface area contributed by atoms with Gasteiger partial charge in [0.1, 0.15) is 24.3 Å². The minimum absolute atomic E-state index is 0.289. The number of anilines is 6. The summed E-state index contributed by atoms with van der Waals surface area (Å²) in [5.74, 6) is 0.977. The van der Waals surface area contributed by atoms with Crippen molar-refractivity contribution in [3.63, 3.8) is 0 Å². The van der Waals surface area contributed by atoms with E-state index in [-0.39, 0.29) is 23.3 Å². The smallest absolute Gasteiger partial charge is 0.248 e. The van der Waals surface area contributed by atoms with E-state index in [0.717, 1.165) is 11.4 Å². The van der Waals surface area contributed by atoms with Crippen molar-refractivity contribution in [2.75, 3.05) is 21.3 Å². The number of hydrogen-bond acceptors (Lipinski definition) is 9. The maximum absolute atomic E-state index is 12.8. The Morgan fingerprint density at radius 1 is 0.596 bits per heavy atom. The van der Waals surface area contributed by atoms with Crippen molar-refractivity contribution >= 4 is 68.0 Å². The Morgan fingerprint density at radius 2 is 1.02 bits per heavy atom. The summed E-state index contributed by atoms with van der Waals surface area (Å²) in [6.07, 6.45) is 9.01. The van der Waals surface area contributed by atoms with Gasteiger partial charge in [0.2, 0.25) is 11.8 Å². The van der Waals surface area contributed by atoms with Crippen LogP contribution in [0.5, 0.6) is 11.5 Å². The van der Waals surface area contributed by atoms with Gasteiger partial charge in [-0.3, -0.25) is 9.59 Å². The number of ether oxygens (including phenoxy) is 1. The van der Waals surface area contributed by atoms with Crippen molar-refractivity contribution in [3.05, 3.63) is 122 Å². The van der Waals surface area contributed by atoms with Crippen molar-refractivity contribution in [1.29, 1.82) is 0 Å². The van der Waals surface area contributed by atoms with Crippen LogP contribution in [0, 0.1) is 0 Å². The van der Waals surface area contributed by atoms with E-state index in [9.17, 15) is 9.59 Å². The minimum atomic E-state index is -0.351. The number of nitrogens with one attached hydrogen (secondary N) is 4. The normalized spacial score (nSPS) is 11.2. The third kappa shape index (κ3) is 7.21. The first-order valence-electron chi connectivity index (χ1n) is 14.8. The maximum Gasteiger partial charge on any atom is 0.248 e. The molecule has 0 aliphatic carbocycles. The summed E-state index contributed by atoms with van der Waals surface area (Å²) in [6, 6.07) is 26.1. The van der Waals surface area contributed by atoms with Crippen molar-refractivity contribution < 1.29 is 14.3 Å². The fourth-order valence-electron chi connectivity index (χ4n) is 4.82. The fraction of sp³-hybridized carbons (Fsp3) is 0.0556. The summed E-state index contributed by atoms with van der Waals surface area (Å²) in [5, 5.41) is 13.7. The summed E-state index contributed by atoms with van der Waals surface area (Å²) in [5.41, 5.74) is 3.54. The highest BCUT2D eigenvalue weighted by Crippen LogP contribution is 2.40. The molecule has 4 N–H and O–H groups in total. The van der Waals surface area contributed by atoms with E-state index in [1.807, 2.05) is 60.7 Å². The molecule has 0 unspecified atom stereocenters. The molecule has 47 heavy (non-hydrogen) atoms. The van der Waals surface area contributed by atoms with Crippen LogP contribution >= 0.6 is 0 Å². The molecule has 2 aromatic heterocycles. The molecule has 2 heterocycles. The van der Waals surface area contributed by atoms with Crippen molar-refractivity contribution in [2.24, 2.45) is 0 Å². The summed E-state index contributed by atoms with van der Waals surface area (Å²) in [7, 11) is 0. The first-order valence-corrected chi connectivity index (χ1v) is 14.8. The van der Waals surface area contributed by atoms with E-state index >= 15 is 0 Å². The number of carbonyl (C=O) groups is 2. The first kappa shape index (κ1) is 30.4. The Kier molecular flexibility index (Phi) is 9.05. The number of allylic oxidation sites excluding steroid dienone is 2. The zero-order valence-electron chi connectivity index (χ0n) is 25.6. The first-order chi connectivity index (χ1) is 23.0. The highest BCUT2D eigenvalue weighted by molar-refractivity contribution is 6.05. The summed E-state index contributed by atoms with van der Waals surface area (Å²) in [4.78, 5) is 43.4. The lowest BCUT2D eigenvalue weighted by Gasteiger charge is -2.18. The molecule has 11 heteroatoms. The molecular weight excluding hydrogens is 592 g/mol. The van der Waals surface area contributed by atoms with Crippen molar-refractivity contribution in [2.45, 2.75) is 13.8 Å². The van der Waals surface area contributed by atoms with Gasteiger partial charge in [-0.15, -0.1) is 0 Å². The predicted molar refractivity (Wildman–Crippen MR) is 185 cm³/mol. The molecule has 0 fully saturated rings. The van der Waals surface area contributed by atoms with E-state index in [0.29, 0.717) is 44.8 Å². The van der Waals surface area contributed by atoms with Gasteiger partial charge in [-0.05, 0) is 62.4 Å². The van der Waals surface area contributed by atoms with Gasteiger partial charge in [-0.2, -0.15) is 0 Å². The largest absolute Gasteiger partial charge is 0.453 e. The third-order valence-electron chi connectivity index (χ3n) is 6.92. The van der Waals surface area contributed by atoms with Crippen LogP contribution in [0.2, 0.25) is 0 Å². The van der Waals surface area contributed by atoms with Gasteiger partial charge < -0.3 is 26.0 Å². The zero-order valence-corrected chi connectivity index (χ0v) is 25.6. The van der Waals surface area contributed by atoms with Crippen LogP contribution in [0.15, 0.2) is 122 Å². The van der Waals surface area contributed by atoms with E-state index in [1.54, 1.807) is 50.3 Å². The number of amides is 2. The molecule has 0 radical (unpaired) electrons. The van der Waals surface area contributed by atoms with Crippen LogP contribution in [0.25, 0.3) is 21.8 Å². The van der Waals surface area contributed by atoms with Crippen LogP contribution < -0.4 is 26.0 Å². The highest BCUT2D eigenvalue weighted by Gasteiger charge is 2.18. The Hall–Kier alpha value is -6.62. The molecule has 0 spiro atoms. The highest BCUT2D eigenvalue weighted by atomic mass is 16.5. The zero-order chi connectivity index (χ0) is 32.6. The lowest BCUT2D eigenvalue weighted by Crippen LogP contribution is -2.11. The van der Waals surface area contributed by atoms with Crippen LogP contribution in [0.4, 0.5) is 34.4 Å². The van der Waals surface area contributed by atoms with Crippen molar-refractivity contribution in [3.8, 4) is 11.5 Å². The van der Waals surface area contributed by atoms with Gasteiger partial charge in [-0.1, -0.05) is 48.6 Å². The van der Waals surface area contributed by atoms with Gasteiger partial charge in [0.15, 0.2) is 11.5 Å². The molecule has 0 aliphatic rings. The monoisotopic (exact) mass is 622 g/mol. The quantitative estimate of drug-likeness (QED) is 0.112. The summed E-state index contributed by atoms with van der Waals surface area (Å²) >= 11 is 0. The number of aromatic nitrogens is 4. The van der Waals surface area contributed by atoms with Gasteiger partial charge in [0.05, 0.1) is 22.4 Å². The number of benzene rings is 4. The molecule has 6 aromatic rings. The average molecular weight is 623 g/mol. The molecule has 4 aromatic carbocycles. The number of rotatable bonds is 10.